The molecule has 2 aliphatic rings. The molecule has 6 heteroatoms. The van der Waals surface area contributed by atoms with E-state index < -0.39 is 0 Å². The van der Waals surface area contributed by atoms with Crippen molar-refractivity contribution in [1.82, 2.24) is 10.2 Å². The fourth-order valence-electron chi connectivity index (χ4n) is 4.05. The molecule has 2 aromatic rings. The van der Waals surface area contributed by atoms with Crippen LogP contribution in [0.3, 0.4) is 0 Å². The van der Waals surface area contributed by atoms with Crippen LogP contribution in [0.25, 0.3) is 0 Å². The van der Waals surface area contributed by atoms with Gasteiger partial charge in [-0.25, -0.2) is 0 Å². The lowest BCUT2D eigenvalue weighted by molar-refractivity contribution is 0.129. The molecule has 0 radical (unpaired) electrons. The van der Waals surface area contributed by atoms with E-state index in [0.717, 1.165) is 63.0 Å². The minimum atomic E-state index is 0. The summed E-state index contributed by atoms with van der Waals surface area (Å²) in [5.41, 5.74) is 1.30. The van der Waals surface area contributed by atoms with Crippen LogP contribution in [0.2, 0.25) is 0 Å². The van der Waals surface area contributed by atoms with Crippen LogP contribution in [-0.4, -0.2) is 50.3 Å². The van der Waals surface area contributed by atoms with Crippen LogP contribution in [0.1, 0.15) is 30.7 Å². The zero-order chi connectivity index (χ0) is 19.2. The summed E-state index contributed by atoms with van der Waals surface area (Å²) in [6.07, 6.45) is 3.33. The topological polar surface area (TPSA) is 46.1 Å². The van der Waals surface area contributed by atoms with Crippen molar-refractivity contribution >= 4 is 29.9 Å². The molecule has 1 N–H and O–H groups in total. The van der Waals surface area contributed by atoms with Gasteiger partial charge in [0.2, 0.25) is 0 Å². The van der Waals surface area contributed by atoms with E-state index in [1.807, 2.05) is 43.4 Å². The third-order valence-corrected chi connectivity index (χ3v) is 5.59. The van der Waals surface area contributed by atoms with Crippen LogP contribution < -0.4 is 14.8 Å². The predicted octanol–water partition coefficient (Wildman–Crippen LogP) is 4.29. The van der Waals surface area contributed by atoms with Gasteiger partial charge in [-0.05, 0) is 30.2 Å². The van der Waals surface area contributed by atoms with Crippen LogP contribution in [0.15, 0.2) is 59.6 Å². The number of guanidine groups is 1. The second-order valence-electron chi connectivity index (χ2n) is 7.42. The summed E-state index contributed by atoms with van der Waals surface area (Å²) in [6, 6.07) is 18.5. The Morgan fingerprint density at radius 2 is 1.79 bits per heavy atom. The maximum absolute atomic E-state index is 6.11. The van der Waals surface area contributed by atoms with E-state index >= 15 is 0 Å². The molecule has 2 heterocycles. The van der Waals surface area contributed by atoms with Crippen LogP contribution >= 0.6 is 24.0 Å². The van der Waals surface area contributed by atoms with Crippen molar-refractivity contribution in [3.8, 4) is 11.5 Å². The Morgan fingerprint density at radius 1 is 1.07 bits per heavy atom. The lowest BCUT2D eigenvalue weighted by atomic mass is 9.93. The van der Waals surface area contributed by atoms with E-state index in [-0.39, 0.29) is 30.1 Å². The summed E-state index contributed by atoms with van der Waals surface area (Å²) in [7, 11) is 1.87. The zero-order valence-corrected chi connectivity index (χ0v) is 19.3. The Balaban J connectivity index is 0.00000240. The average Bonchev–Trinajstić information content (AvgIpc) is 2.76. The summed E-state index contributed by atoms with van der Waals surface area (Å²) in [4.78, 5) is 6.86. The molecule has 29 heavy (non-hydrogen) atoms. The van der Waals surface area contributed by atoms with Crippen molar-refractivity contribution < 1.29 is 9.47 Å². The predicted molar refractivity (Wildman–Crippen MR) is 128 cm³/mol. The molecule has 0 saturated carbocycles. The molecule has 1 fully saturated rings. The highest BCUT2D eigenvalue weighted by Crippen LogP contribution is 2.32. The largest absolute Gasteiger partial charge is 0.493 e. The smallest absolute Gasteiger partial charge is 0.193 e. The van der Waals surface area contributed by atoms with Gasteiger partial charge in [-0.15, -0.1) is 24.0 Å². The number of piperidine rings is 1. The maximum Gasteiger partial charge on any atom is 0.193 e. The number of halogens is 1. The lowest BCUT2D eigenvalue weighted by Crippen LogP contribution is -2.48. The van der Waals surface area contributed by atoms with Gasteiger partial charge < -0.3 is 19.7 Å². The second kappa shape index (κ2) is 10.7. The monoisotopic (exact) mass is 507 g/mol. The van der Waals surface area contributed by atoms with Gasteiger partial charge in [0.05, 0.1) is 6.61 Å². The van der Waals surface area contributed by atoms with E-state index in [2.05, 4.69) is 33.4 Å². The number of fused-ring (bicyclic) bond motifs is 1. The third-order valence-electron chi connectivity index (χ3n) is 5.59. The SMILES string of the molecule is CN=C(NCC1CCOc2ccccc21)N1CCC(Oc2ccccc2)CC1.I. The molecule has 1 atom stereocenters. The minimum Gasteiger partial charge on any atom is -0.493 e. The van der Waals surface area contributed by atoms with Crippen LogP contribution in [-0.2, 0) is 0 Å². The Hall–Kier alpha value is -1.96. The molecule has 2 aliphatic heterocycles. The highest BCUT2D eigenvalue weighted by atomic mass is 127. The Labute approximate surface area is 190 Å². The van der Waals surface area contributed by atoms with E-state index in [0.29, 0.717) is 5.92 Å². The summed E-state index contributed by atoms with van der Waals surface area (Å²) in [6.45, 7) is 3.58. The lowest BCUT2D eigenvalue weighted by Gasteiger charge is -2.35. The molecular weight excluding hydrogens is 477 g/mol. The number of rotatable bonds is 4. The fourth-order valence-corrected chi connectivity index (χ4v) is 4.05. The highest BCUT2D eigenvalue weighted by Gasteiger charge is 2.25. The van der Waals surface area contributed by atoms with Gasteiger partial charge >= 0.3 is 0 Å². The van der Waals surface area contributed by atoms with Gasteiger partial charge in [-0.2, -0.15) is 0 Å². The molecule has 0 bridgehead atoms. The van der Waals surface area contributed by atoms with E-state index in [9.17, 15) is 0 Å². The zero-order valence-electron chi connectivity index (χ0n) is 16.9. The van der Waals surface area contributed by atoms with E-state index in [1.165, 1.54) is 5.56 Å². The van der Waals surface area contributed by atoms with Crippen molar-refractivity contribution in [3.63, 3.8) is 0 Å². The number of likely N-dealkylation sites (tertiary alicyclic amines) is 1. The quantitative estimate of drug-likeness (QED) is 0.381. The molecule has 5 nitrogen and oxygen atoms in total. The Bertz CT molecular complexity index is 792. The van der Waals surface area contributed by atoms with Crippen molar-refractivity contribution in [2.24, 2.45) is 4.99 Å². The number of hydrogen-bond acceptors (Lipinski definition) is 3. The van der Waals surface area contributed by atoms with Crippen LogP contribution in [0.4, 0.5) is 0 Å². The summed E-state index contributed by atoms with van der Waals surface area (Å²) in [5, 5.41) is 3.59. The Kier molecular flexibility index (Phi) is 8.03. The van der Waals surface area contributed by atoms with Gasteiger partial charge in [0.15, 0.2) is 5.96 Å². The van der Waals surface area contributed by atoms with Gasteiger partial charge in [-0.1, -0.05) is 36.4 Å². The first-order valence-corrected chi connectivity index (χ1v) is 10.2. The van der Waals surface area contributed by atoms with Crippen molar-refractivity contribution in [3.05, 3.63) is 60.2 Å². The van der Waals surface area contributed by atoms with Crippen LogP contribution in [0, 0.1) is 0 Å². The molecule has 4 rings (SSSR count). The van der Waals surface area contributed by atoms with Gasteiger partial charge in [0, 0.05) is 45.4 Å². The van der Waals surface area contributed by atoms with Crippen molar-refractivity contribution in [2.45, 2.75) is 31.3 Å². The van der Waals surface area contributed by atoms with Gasteiger partial charge in [0.25, 0.3) is 0 Å². The summed E-state index contributed by atoms with van der Waals surface area (Å²) < 4.78 is 11.9. The van der Waals surface area contributed by atoms with Gasteiger partial charge in [-0.3, -0.25) is 4.99 Å². The maximum atomic E-state index is 6.11. The number of hydrogen-bond donors (Lipinski definition) is 1. The molecule has 0 amide bonds. The number of para-hydroxylation sites is 2. The molecule has 156 valence electrons. The number of aliphatic imine (C=N–C) groups is 1. The number of nitrogens with zero attached hydrogens (tertiary/aromatic N) is 2. The molecule has 0 aromatic heterocycles. The van der Waals surface area contributed by atoms with Crippen molar-refractivity contribution in [1.29, 1.82) is 0 Å². The average molecular weight is 507 g/mol. The number of nitrogens with one attached hydrogen (secondary N) is 1. The molecular formula is C23H30IN3O2. The standard InChI is InChI=1S/C23H29N3O2.HI/c1-24-23(25-17-18-13-16-27-22-10-6-5-9-21(18)22)26-14-11-20(12-15-26)28-19-7-3-2-4-8-19;/h2-10,18,20H,11-17H2,1H3,(H,24,25);1H. The van der Waals surface area contributed by atoms with Crippen molar-refractivity contribution in [2.75, 3.05) is 33.3 Å². The molecule has 0 spiro atoms. The molecule has 0 aliphatic carbocycles. The summed E-state index contributed by atoms with van der Waals surface area (Å²) >= 11 is 0. The first-order chi connectivity index (χ1) is 13.8. The first kappa shape index (κ1) is 21.7. The molecule has 1 unspecified atom stereocenters. The second-order valence-corrected chi connectivity index (χ2v) is 7.42. The van der Waals surface area contributed by atoms with Gasteiger partial charge in [0.1, 0.15) is 17.6 Å². The minimum absolute atomic E-state index is 0. The highest BCUT2D eigenvalue weighted by molar-refractivity contribution is 14.0. The first-order valence-electron chi connectivity index (χ1n) is 10.2. The van der Waals surface area contributed by atoms with E-state index in [1.54, 1.807) is 0 Å². The fraction of sp³-hybridized carbons (Fsp3) is 0.435. The Morgan fingerprint density at radius 3 is 2.55 bits per heavy atom. The number of ether oxygens (including phenoxy) is 2. The number of benzene rings is 2. The van der Waals surface area contributed by atoms with E-state index in [4.69, 9.17) is 9.47 Å². The normalized spacial score (nSPS) is 19.6. The van der Waals surface area contributed by atoms with Crippen LogP contribution in [0.5, 0.6) is 11.5 Å². The third kappa shape index (κ3) is 5.56. The molecule has 2 aromatic carbocycles. The molecule has 1 saturated heterocycles. The summed E-state index contributed by atoms with van der Waals surface area (Å²) in [5.74, 6) is 3.43.